The summed E-state index contributed by atoms with van der Waals surface area (Å²) in [7, 11) is 0. The maximum atomic E-state index is 12.5. The molecule has 1 atom stereocenters. The predicted molar refractivity (Wildman–Crippen MR) is 134 cm³/mol. The van der Waals surface area contributed by atoms with E-state index in [0.717, 1.165) is 24.0 Å². The van der Waals surface area contributed by atoms with E-state index in [0.29, 0.717) is 47.3 Å². The number of amides is 1. The van der Waals surface area contributed by atoms with E-state index in [-0.39, 0.29) is 11.9 Å². The van der Waals surface area contributed by atoms with Crippen LogP contribution in [0.1, 0.15) is 45.0 Å². The van der Waals surface area contributed by atoms with Crippen molar-refractivity contribution in [2.45, 2.75) is 52.5 Å². The van der Waals surface area contributed by atoms with E-state index in [2.05, 4.69) is 34.3 Å². The van der Waals surface area contributed by atoms with Crippen molar-refractivity contribution in [2.75, 3.05) is 18.0 Å². The van der Waals surface area contributed by atoms with E-state index in [1.54, 1.807) is 6.07 Å². The van der Waals surface area contributed by atoms with Crippen LogP contribution in [0, 0.1) is 0 Å². The van der Waals surface area contributed by atoms with Gasteiger partial charge in [-0.3, -0.25) is 4.79 Å². The molecule has 170 valence electrons. The Balaban J connectivity index is 1.95. The van der Waals surface area contributed by atoms with Gasteiger partial charge in [0.1, 0.15) is 11.6 Å². The number of halogens is 2. The summed E-state index contributed by atoms with van der Waals surface area (Å²) in [5, 5.41) is 4.89. The molecule has 1 N–H and O–H groups in total. The average molecular weight is 473 g/mol. The maximum absolute atomic E-state index is 12.5. The van der Waals surface area contributed by atoms with Crippen molar-refractivity contribution in [3.8, 4) is 0 Å². The number of benzene rings is 2. The summed E-state index contributed by atoms with van der Waals surface area (Å²) in [6.07, 6.45) is 2.79. The van der Waals surface area contributed by atoms with Gasteiger partial charge in [-0.05, 0) is 37.5 Å². The lowest BCUT2D eigenvalue weighted by Crippen LogP contribution is -2.36. The van der Waals surface area contributed by atoms with Crippen LogP contribution in [0.4, 0.5) is 5.82 Å². The van der Waals surface area contributed by atoms with Crippen molar-refractivity contribution in [3.63, 3.8) is 0 Å². The molecule has 3 aromatic rings. The molecule has 0 aliphatic heterocycles. The molecule has 0 bridgehead atoms. The largest absolute Gasteiger partial charge is 0.355 e. The molecule has 2 aromatic carbocycles. The van der Waals surface area contributed by atoms with Gasteiger partial charge in [-0.2, -0.15) is 0 Å². The Bertz CT molecular complexity index is 1060. The predicted octanol–water partition coefficient (Wildman–Crippen LogP) is 5.85. The van der Waals surface area contributed by atoms with Gasteiger partial charge in [0.25, 0.3) is 0 Å². The summed E-state index contributed by atoms with van der Waals surface area (Å²) >= 11 is 12.8. The van der Waals surface area contributed by atoms with Gasteiger partial charge in [0.05, 0.1) is 10.5 Å². The minimum Gasteiger partial charge on any atom is -0.355 e. The summed E-state index contributed by atoms with van der Waals surface area (Å²) in [5.41, 5.74) is 1.92. The first-order valence-corrected chi connectivity index (χ1v) is 11.9. The number of rotatable bonds is 10. The molecular formula is C25H30Cl2N4O. The van der Waals surface area contributed by atoms with Crippen molar-refractivity contribution < 1.29 is 4.79 Å². The highest BCUT2D eigenvalue weighted by molar-refractivity contribution is 6.38. The van der Waals surface area contributed by atoms with Crippen LogP contribution in [-0.2, 0) is 17.6 Å². The minimum atomic E-state index is 0.0363. The number of carbonyl (C=O) groups excluding carboxylic acids is 1. The van der Waals surface area contributed by atoms with Gasteiger partial charge >= 0.3 is 0 Å². The topological polar surface area (TPSA) is 58.1 Å². The van der Waals surface area contributed by atoms with Gasteiger partial charge in [0, 0.05) is 42.4 Å². The Labute approximate surface area is 200 Å². The fraction of sp³-hybridized carbons (Fsp3) is 0.400. The lowest BCUT2D eigenvalue weighted by atomic mass is 10.1. The zero-order chi connectivity index (χ0) is 23.1. The monoisotopic (exact) mass is 472 g/mol. The van der Waals surface area contributed by atoms with Gasteiger partial charge in [-0.15, -0.1) is 0 Å². The standard InChI is InChI=1S/C25H30Cl2N4O/c1-4-17(3)28-23(32)12-14-31(13-11-18-9-7-6-8-10-18)25-20-15-19(26)16-21(27)24(20)29-22(5-2)30-25/h6-10,15-17H,4-5,11-14H2,1-3H3,(H,28,32)/t17-/m1/s1. The summed E-state index contributed by atoms with van der Waals surface area (Å²) in [6.45, 7) is 7.33. The fourth-order valence-electron chi connectivity index (χ4n) is 3.50. The van der Waals surface area contributed by atoms with Crippen LogP contribution in [0.3, 0.4) is 0 Å². The molecule has 32 heavy (non-hydrogen) atoms. The quantitative estimate of drug-likeness (QED) is 0.401. The van der Waals surface area contributed by atoms with Crippen molar-refractivity contribution in [1.82, 2.24) is 15.3 Å². The molecule has 7 heteroatoms. The molecule has 0 saturated carbocycles. The van der Waals surface area contributed by atoms with Crippen LogP contribution in [0.2, 0.25) is 10.0 Å². The van der Waals surface area contributed by atoms with E-state index < -0.39 is 0 Å². The average Bonchev–Trinajstić information content (AvgIpc) is 2.79. The van der Waals surface area contributed by atoms with E-state index in [4.69, 9.17) is 28.2 Å². The third-order valence-electron chi connectivity index (χ3n) is 5.50. The highest BCUT2D eigenvalue weighted by Gasteiger charge is 2.18. The SMILES string of the molecule is CCc1nc(N(CCC(=O)N[C@H](C)CC)CCc2ccccc2)c2cc(Cl)cc(Cl)c2n1. The van der Waals surface area contributed by atoms with Crippen LogP contribution in [0.5, 0.6) is 0 Å². The Hall–Kier alpha value is -2.37. The van der Waals surface area contributed by atoms with Crippen LogP contribution in [-0.4, -0.2) is 35.0 Å². The normalized spacial score (nSPS) is 12.0. The van der Waals surface area contributed by atoms with Gasteiger partial charge in [-0.25, -0.2) is 9.97 Å². The molecule has 0 fully saturated rings. The molecule has 0 unspecified atom stereocenters. The summed E-state index contributed by atoms with van der Waals surface area (Å²) in [6, 6.07) is 14.0. The van der Waals surface area contributed by atoms with Crippen molar-refractivity contribution in [3.05, 3.63) is 63.9 Å². The molecule has 0 aliphatic carbocycles. The van der Waals surface area contributed by atoms with E-state index in [1.807, 2.05) is 38.1 Å². The van der Waals surface area contributed by atoms with Crippen LogP contribution < -0.4 is 10.2 Å². The molecule has 3 rings (SSSR count). The zero-order valence-electron chi connectivity index (χ0n) is 18.9. The first-order valence-electron chi connectivity index (χ1n) is 11.1. The second-order valence-electron chi connectivity index (χ2n) is 7.95. The third-order valence-corrected chi connectivity index (χ3v) is 6.01. The second-order valence-corrected chi connectivity index (χ2v) is 8.79. The first kappa shape index (κ1) is 24.3. The number of hydrogen-bond acceptors (Lipinski definition) is 4. The maximum Gasteiger partial charge on any atom is 0.221 e. The summed E-state index contributed by atoms with van der Waals surface area (Å²) in [4.78, 5) is 24.1. The Morgan fingerprint density at radius 1 is 1.09 bits per heavy atom. The molecule has 0 aliphatic rings. The molecular weight excluding hydrogens is 443 g/mol. The zero-order valence-corrected chi connectivity index (χ0v) is 20.4. The Kier molecular flexibility index (Phi) is 8.71. The van der Waals surface area contributed by atoms with E-state index in [1.165, 1.54) is 5.56 Å². The number of hydrogen-bond donors (Lipinski definition) is 1. The molecule has 1 aromatic heterocycles. The number of carbonyl (C=O) groups is 1. The lowest BCUT2D eigenvalue weighted by molar-refractivity contribution is -0.121. The Morgan fingerprint density at radius 2 is 1.84 bits per heavy atom. The number of fused-ring (bicyclic) bond motifs is 1. The summed E-state index contributed by atoms with van der Waals surface area (Å²) < 4.78 is 0. The van der Waals surface area contributed by atoms with E-state index in [9.17, 15) is 4.79 Å². The highest BCUT2D eigenvalue weighted by Crippen LogP contribution is 2.32. The number of anilines is 1. The van der Waals surface area contributed by atoms with Crippen molar-refractivity contribution >= 4 is 45.8 Å². The highest BCUT2D eigenvalue weighted by atomic mass is 35.5. The number of nitrogens with zero attached hydrogens (tertiary/aromatic N) is 3. The smallest absolute Gasteiger partial charge is 0.221 e. The fourth-order valence-corrected chi connectivity index (χ4v) is 4.04. The van der Waals surface area contributed by atoms with Gasteiger partial charge in [-0.1, -0.05) is 67.4 Å². The van der Waals surface area contributed by atoms with Crippen molar-refractivity contribution in [1.29, 1.82) is 0 Å². The Morgan fingerprint density at radius 3 is 2.53 bits per heavy atom. The van der Waals surface area contributed by atoms with Crippen LogP contribution >= 0.6 is 23.2 Å². The van der Waals surface area contributed by atoms with Crippen LogP contribution in [0.25, 0.3) is 10.9 Å². The van der Waals surface area contributed by atoms with E-state index >= 15 is 0 Å². The van der Waals surface area contributed by atoms with Gasteiger partial charge in [0.15, 0.2) is 0 Å². The molecule has 0 saturated heterocycles. The van der Waals surface area contributed by atoms with Crippen LogP contribution in [0.15, 0.2) is 42.5 Å². The first-order chi connectivity index (χ1) is 15.4. The molecule has 1 amide bonds. The second kappa shape index (κ2) is 11.5. The van der Waals surface area contributed by atoms with Crippen molar-refractivity contribution in [2.24, 2.45) is 0 Å². The molecule has 0 radical (unpaired) electrons. The summed E-state index contributed by atoms with van der Waals surface area (Å²) in [5.74, 6) is 1.52. The third kappa shape index (κ3) is 6.33. The van der Waals surface area contributed by atoms with Gasteiger partial charge < -0.3 is 10.2 Å². The number of aromatic nitrogens is 2. The number of nitrogens with one attached hydrogen (secondary N) is 1. The minimum absolute atomic E-state index is 0.0363. The molecule has 0 spiro atoms. The molecule has 5 nitrogen and oxygen atoms in total. The van der Waals surface area contributed by atoms with Gasteiger partial charge in [0.2, 0.25) is 5.91 Å². The lowest BCUT2D eigenvalue weighted by Gasteiger charge is -2.26. The molecule has 1 heterocycles. The number of aryl methyl sites for hydroxylation is 1.